The zero-order chi connectivity index (χ0) is 20.5. The van der Waals surface area contributed by atoms with E-state index >= 15 is 0 Å². The number of nitrogens with one attached hydrogen (secondary N) is 1. The van der Waals surface area contributed by atoms with Crippen molar-refractivity contribution in [3.63, 3.8) is 0 Å². The molecule has 5 nitrogen and oxygen atoms in total. The van der Waals surface area contributed by atoms with E-state index in [0.717, 1.165) is 59.8 Å². The van der Waals surface area contributed by atoms with Crippen molar-refractivity contribution in [2.75, 3.05) is 5.32 Å². The largest absolute Gasteiger partial charge is 0.326 e. The molecule has 2 aliphatic rings. The van der Waals surface area contributed by atoms with E-state index in [2.05, 4.69) is 50.4 Å². The molecule has 0 saturated heterocycles. The molecule has 0 bridgehead atoms. The Kier molecular flexibility index (Phi) is 5.11. The highest BCUT2D eigenvalue weighted by atomic mass is 16.1. The zero-order valence-electron chi connectivity index (χ0n) is 17.6. The summed E-state index contributed by atoms with van der Waals surface area (Å²) in [7, 11) is 0. The first-order chi connectivity index (χ1) is 14.7. The van der Waals surface area contributed by atoms with Gasteiger partial charge in [0.2, 0.25) is 5.91 Å². The summed E-state index contributed by atoms with van der Waals surface area (Å²) in [6.07, 6.45) is 8.49. The highest BCUT2D eigenvalue weighted by Gasteiger charge is 2.17. The number of nitrogens with zero attached hydrogens (tertiary/aromatic N) is 3. The lowest BCUT2D eigenvalue weighted by Gasteiger charge is -2.12. The van der Waals surface area contributed by atoms with Crippen LogP contribution in [0.1, 0.15) is 53.8 Å². The predicted octanol–water partition coefficient (Wildman–Crippen LogP) is 4.65. The lowest BCUT2D eigenvalue weighted by Crippen LogP contribution is -2.15. The van der Waals surface area contributed by atoms with Crippen molar-refractivity contribution in [3.05, 3.63) is 64.5 Å². The average Bonchev–Trinajstić information content (AvgIpc) is 3.30. The Morgan fingerprint density at radius 1 is 0.967 bits per heavy atom. The topological polar surface area (TPSA) is 59.8 Å². The van der Waals surface area contributed by atoms with Crippen LogP contribution in [0.5, 0.6) is 0 Å². The molecule has 5 heteroatoms. The number of hydrogen-bond donors (Lipinski definition) is 1. The molecule has 1 aromatic heterocycles. The van der Waals surface area contributed by atoms with E-state index in [-0.39, 0.29) is 5.91 Å². The molecule has 3 aromatic rings. The summed E-state index contributed by atoms with van der Waals surface area (Å²) in [5.41, 5.74) is 6.85. The van der Waals surface area contributed by atoms with Crippen molar-refractivity contribution in [2.45, 2.75) is 64.8 Å². The molecule has 1 aliphatic carbocycles. The standard InChI is InChI=1S/C25H28N4O/c1-17-9-11-21(25-28-27-23-8-3-2-4-13-29(23)25)16-22(17)26-24(30)15-18-10-12-19-6-5-7-20(19)14-18/h9-12,14,16H,2-8,13,15H2,1H3,(H,26,30). The molecule has 0 radical (unpaired) electrons. The molecule has 1 amide bonds. The van der Waals surface area contributed by atoms with Crippen LogP contribution in [0.4, 0.5) is 5.69 Å². The second-order valence-electron chi connectivity index (χ2n) is 8.61. The van der Waals surface area contributed by atoms with Gasteiger partial charge in [0.1, 0.15) is 5.82 Å². The van der Waals surface area contributed by atoms with Crippen LogP contribution >= 0.6 is 0 Å². The van der Waals surface area contributed by atoms with Gasteiger partial charge < -0.3 is 9.88 Å². The lowest BCUT2D eigenvalue weighted by atomic mass is 10.0. The number of aryl methyl sites for hydroxylation is 4. The third-order valence-electron chi connectivity index (χ3n) is 6.41. The molecule has 1 aliphatic heterocycles. The van der Waals surface area contributed by atoms with Gasteiger partial charge in [-0.3, -0.25) is 4.79 Å². The number of amides is 1. The molecule has 5 rings (SSSR count). The minimum atomic E-state index is 0.0215. The highest BCUT2D eigenvalue weighted by Crippen LogP contribution is 2.27. The molecule has 0 spiro atoms. The Hall–Kier alpha value is -2.95. The zero-order valence-corrected chi connectivity index (χ0v) is 17.6. The van der Waals surface area contributed by atoms with Gasteiger partial charge >= 0.3 is 0 Å². The van der Waals surface area contributed by atoms with E-state index in [1.54, 1.807) is 0 Å². The quantitative estimate of drug-likeness (QED) is 0.693. The van der Waals surface area contributed by atoms with Gasteiger partial charge in [-0.15, -0.1) is 10.2 Å². The molecule has 2 aromatic carbocycles. The summed E-state index contributed by atoms with van der Waals surface area (Å²) in [5, 5.41) is 12.0. The van der Waals surface area contributed by atoms with Gasteiger partial charge in [-0.1, -0.05) is 36.8 Å². The van der Waals surface area contributed by atoms with Crippen molar-refractivity contribution in [2.24, 2.45) is 0 Å². The van der Waals surface area contributed by atoms with Crippen molar-refractivity contribution in [3.8, 4) is 11.4 Å². The highest BCUT2D eigenvalue weighted by molar-refractivity contribution is 5.93. The molecular formula is C25H28N4O. The van der Waals surface area contributed by atoms with Gasteiger partial charge in [0.15, 0.2) is 5.82 Å². The molecule has 0 saturated carbocycles. The van der Waals surface area contributed by atoms with E-state index in [1.165, 1.54) is 36.8 Å². The smallest absolute Gasteiger partial charge is 0.228 e. The molecule has 30 heavy (non-hydrogen) atoms. The number of carbonyl (C=O) groups excluding carboxylic acids is 1. The fourth-order valence-corrected chi connectivity index (χ4v) is 4.71. The maximum Gasteiger partial charge on any atom is 0.228 e. The predicted molar refractivity (Wildman–Crippen MR) is 119 cm³/mol. The Balaban J connectivity index is 1.35. The Bertz CT molecular complexity index is 1100. The van der Waals surface area contributed by atoms with Crippen molar-refractivity contribution in [1.82, 2.24) is 14.8 Å². The molecule has 0 fully saturated rings. The number of fused-ring (bicyclic) bond motifs is 2. The molecule has 154 valence electrons. The van der Waals surface area contributed by atoms with Gasteiger partial charge in [0.05, 0.1) is 6.42 Å². The number of hydrogen-bond acceptors (Lipinski definition) is 3. The van der Waals surface area contributed by atoms with Crippen LogP contribution in [0.15, 0.2) is 36.4 Å². The van der Waals surface area contributed by atoms with Gasteiger partial charge in [-0.2, -0.15) is 0 Å². The van der Waals surface area contributed by atoms with E-state index in [0.29, 0.717) is 6.42 Å². The molecule has 0 atom stereocenters. The minimum Gasteiger partial charge on any atom is -0.326 e. The fourth-order valence-electron chi connectivity index (χ4n) is 4.71. The molecule has 1 N–H and O–H groups in total. The van der Waals surface area contributed by atoms with Crippen LogP contribution in [0.3, 0.4) is 0 Å². The Morgan fingerprint density at radius 2 is 1.87 bits per heavy atom. The van der Waals surface area contributed by atoms with Crippen LogP contribution in [-0.2, 0) is 37.0 Å². The van der Waals surface area contributed by atoms with Crippen LogP contribution in [0, 0.1) is 6.92 Å². The first-order valence-corrected chi connectivity index (χ1v) is 11.1. The van der Waals surface area contributed by atoms with Crippen molar-refractivity contribution in [1.29, 1.82) is 0 Å². The second kappa shape index (κ2) is 8.05. The van der Waals surface area contributed by atoms with Crippen molar-refractivity contribution >= 4 is 11.6 Å². The number of benzene rings is 2. The maximum absolute atomic E-state index is 12.8. The van der Waals surface area contributed by atoms with Crippen LogP contribution in [0.25, 0.3) is 11.4 Å². The summed E-state index contributed by atoms with van der Waals surface area (Å²) >= 11 is 0. The van der Waals surface area contributed by atoms with Gasteiger partial charge in [-0.05, 0) is 67.3 Å². The molecular weight excluding hydrogens is 372 g/mol. The lowest BCUT2D eigenvalue weighted by molar-refractivity contribution is -0.115. The summed E-state index contributed by atoms with van der Waals surface area (Å²) in [5.74, 6) is 2.00. The number of carbonyl (C=O) groups is 1. The van der Waals surface area contributed by atoms with Crippen LogP contribution in [-0.4, -0.2) is 20.7 Å². The maximum atomic E-state index is 12.8. The van der Waals surface area contributed by atoms with Crippen LogP contribution in [0.2, 0.25) is 0 Å². The molecule has 0 unspecified atom stereocenters. The average molecular weight is 401 g/mol. The normalized spacial score (nSPS) is 15.4. The molecule has 2 heterocycles. The third-order valence-corrected chi connectivity index (χ3v) is 6.41. The second-order valence-corrected chi connectivity index (χ2v) is 8.61. The van der Waals surface area contributed by atoms with E-state index in [9.17, 15) is 4.79 Å². The fraction of sp³-hybridized carbons (Fsp3) is 0.400. The van der Waals surface area contributed by atoms with Crippen LogP contribution < -0.4 is 5.32 Å². The Morgan fingerprint density at radius 3 is 2.80 bits per heavy atom. The van der Waals surface area contributed by atoms with E-state index in [4.69, 9.17) is 0 Å². The first kappa shape index (κ1) is 19.0. The van der Waals surface area contributed by atoms with E-state index in [1.807, 2.05) is 13.0 Å². The minimum absolute atomic E-state index is 0.0215. The summed E-state index contributed by atoms with van der Waals surface area (Å²) in [6.45, 7) is 2.99. The van der Waals surface area contributed by atoms with E-state index < -0.39 is 0 Å². The SMILES string of the molecule is Cc1ccc(-c2nnc3n2CCCCC3)cc1NC(=O)Cc1ccc2c(c1)CCC2. The van der Waals surface area contributed by atoms with Crippen molar-refractivity contribution < 1.29 is 4.79 Å². The summed E-state index contributed by atoms with van der Waals surface area (Å²) in [4.78, 5) is 12.8. The van der Waals surface area contributed by atoms with Gasteiger partial charge in [-0.25, -0.2) is 0 Å². The number of rotatable bonds is 4. The monoisotopic (exact) mass is 400 g/mol. The summed E-state index contributed by atoms with van der Waals surface area (Å²) in [6, 6.07) is 12.7. The Labute approximate surface area is 177 Å². The third kappa shape index (κ3) is 3.76. The van der Waals surface area contributed by atoms with Gasteiger partial charge in [0.25, 0.3) is 0 Å². The van der Waals surface area contributed by atoms with Gasteiger partial charge in [0, 0.05) is 24.2 Å². The summed E-state index contributed by atoms with van der Waals surface area (Å²) < 4.78 is 2.24. The number of anilines is 1. The number of aromatic nitrogens is 3. The first-order valence-electron chi connectivity index (χ1n) is 11.1.